The van der Waals surface area contributed by atoms with Crippen molar-refractivity contribution >= 4 is 23.2 Å². The molecule has 0 spiro atoms. The van der Waals surface area contributed by atoms with Crippen LogP contribution in [0.15, 0.2) is 36.4 Å². The number of anilines is 2. The van der Waals surface area contributed by atoms with E-state index in [9.17, 15) is 19.8 Å². The number of nitrogens with two attached hydrogens (primary N) is 1. The van der Waals surface area contributed by atoms with Crippen molar-refractivity contribution in [3.8, 4) is 11.5 Å². The van der Waals surface area contributed by atoms with Gasteiger partial charge in [0.05, 0.1) is 5.69 Å². The number of phenolic OH excluding ortho intramolecular Hbond substituents is 2. The van der Waals surface area contributed by atoms with Crippen LogP contribution in [0.3, 0.4) is 0 Å². The van der Waals surface area contributed by atoms with Crippen molar-refractivity contribution in [2.24, 2.45) is 5.73 Å². The van der Waals surface area contributed by atoms with Gasteiger partial charge < -0.3 is 15.9 Å². The largest absolute Gasteiger partial charge is 0.504 e. The minimum atomic E-state index is -0.568. The van der Waals surface area contributed by atoms with Gasteiger partial charge >= 0.3 is 0 Å². The van der Waals surface area contributed by atoms with Gasteiger partial charge in [-0.15, -0.1) is 0 Å². The number of carbonyl (C=O) groups is 2. The Morgan fingerprint density at radius 3 is 2.15 bits per heavy atom. The van der Waals surface area contributed by atoms with Crippen LogP contribution in [0, 0.1) is 0 Å². The van der Waals surface area contributed by atoms with Crippen LogP contribution < -0.4 is 10.6 Å². The van der Waals surface area contributed by atoms with Crippen LogP contribution in [-0.4, -0.2) is 22.0 Å². The molecule has 0 aromatic heterocycles. The molecule has 6 nitrogen and oxygen atoms in total. The Kier molecular flexibility index (Phi) is 2.40. The first-order valence-electron chi connectivity index (χ1n) is 5.80. The van der Waals surface area contributed by atoms with Gasteiger partial charge in [-0.2, -0.15) is 0 Å². The average Bonchev–Trinajstić information content (AvgIpc) is 3.17. The molecular weight excluding hydrogens is 260 g/mol. The lowest BCUT2D eigenvalue weighted by Gasteiger charge is -2.03. The van der Waals surface area contributed by atoms with E-state index < -0.39 is 5.91 Å². The molecule has 20 heavy (non-hydrogen) atoms. The summed E-state index contributed by atoms with van der Waals surface area (Å²) in [5.74, 6) is -1.51. The number of carbonyl (C=O) groups excluding carboxylic acids is 2. The summed E-state index contributed by atoms with van der Waals surface area (Å²) in [5, 5.41) is 19.0. The topological polar surface area (TPSA) is 104 Å². The number of amides is 2. The molecule has 0 bridgehead atoms. The molecule has 2 amide bonds. The Labute approximate surface area is 113 Å². The lowest BCUT2D eigenvalue weighted by molar-refractivity contribution is 0.0991. The first-order chi connectivity index (χ1) is 9.50. The van der Waals surface area contributed by atoms with Gasteiger partial charge in [-0.3, -0.25) is 14.5 Å². The number of rotatable bonds is 2. The van der Waals surface area contributed by atoms with E-state index in [4.69, 9.17) is 5.73 Å². The standard InChI is InChI=1S/C14H10N2O4/c15-13(19)7-1-3-8(4-2-7)14(20)16-9-5-6-10(17)12(18)11(9)16/h1-6,17-18H,(H2,15,19). The average molecular weight is 270 g/mol. The zero-order valence-electron chi connectivity index (χ0n) is 10.2. The van der Waals surface area contributed by atoms with Crippen LogP contribution in [0.2, 0.25) is 0 Å². The van der Waals surface area contributed by atoms with Crippen molar-refractivity contribution in [3.63, 3.8) is 0 Å². The number of primary amides is 1. The van der Waals surface area contributed by atoms with Gasteiger partial charge in [0.1, 0.15) is 5.69 Å². The van der Waals surface area contributed by atoms with E-state index in [0.717, 1.165) is 0 Å². The smallest absolute Gasteiger partial charge is 0.263 e. The highest BCUT2D eigenvalue weighted by Crippen LogP contribution is 2.57. The minimum absolute atomic E-state index is 0.275. The van der Waals surface area contributed by atoms with Crippen LogP contribution in [-0.2, 0) is 0 Å². The maximum Gasteiger partial charge on any atom is 0.263 e. The zero-order valence-corrected chi connectivity index (χ0v) is 10.2. The quantitative estimate of drug-likeness (QED) is 0.568. The predicted molar refractivity (Wildman–Crippen MR) is 71.2 cm³/mol. The van der Waals surface area contributed by atoms with Gasteiger partial charge in [-0.25, -0.2) is 0 Å². The molecule has 1 heterocycles. The lowest BCUT2D eigenvalue weighted by atomic mass is 10.1. The van der Waals surface area contributed by atoms with E-state index in [1.807, 2.05) is 0 Å². The second-order valence-electron chi connectivity index (χ2n) is 4.38. The molecule has 1 aliphatic heterocycles. The number of benzene rings is 2. The molecule has 0 atom stereocenters. The predicted octanol–water partition coefficient (Wildman–Crippen LogP) is 1.49. The molecule has 3 rings (SSSR count). The molecule has 0 fully saturated rings. The summed E-state index contributed by atoms with van der Waals surface area (Å²) in [5.41, 5.74) is 6.63. The highest BCUT2D eigenvalue weighted by atomic mass is 16.3. The van der Waals surface area contributed by atoms with E-state index in [-0.39, 0.29) is 17.4 Å². The van der Waals surface area contributed by atoms with Crippen LogP contribution >= 0.6 is 0 Å². The summed E-state index contributed by atoms with van der Waals surface area (Å²) in [6.07, 6.45) is 0. The fourth-order valence-corrected chi connectivity index (χ4v) is 2.03. The molecule has 2 aromatic rings. The normalized spacial score (nSPS) is 11.9. The number of aromatic hydroxyl groups is 2. The Hall–Kier alpha value is -3.02. The first kappa shape index (κ1) is 12.0. The van der Waals surface area contributed by atoms with Crippen molar-refractivity contribution < 1.29 is 19.8 Å². The van der Waals surface area contributed by atoms with Gasteiger partial charge in [0.15, 0.2) is 11.5 Å². The second-order valence-corrected chi connectivity index (χ2v) is 4.38. The maximum absolute atomic E-state index is 12.2. The molecule has 0 radical (unpaired) electrons. The van der Waals surface area contributed by atoms with Crippen molar-refractivity contribution in [2.45, 2.75) is 0 Å². The molecule has 0 saturated carbocycles. The molecule has 6 heteroatoms. The molecule has 4 N–H and O–H groups in total. The van der Waals surface area contributed by atoms with Gasteiger partial charge in [0, 0.05) is 11.1 Å². The molecule has 0 unspecified atom stereocenters. The highest BCUT2D eigenvalue weighted by molar-refractivity contribution is 6.24. The summed E-state index contributed by atoms with van der Waals surface area (Å²) >= 11 is 0. The zero-order chi connectivity index (χ0) is 14.4. The van der Waals surface area contributed by atoms with Crippen LogP contribution in [0.4, 0.5) is 11.4 Å². The molecular formula is C14H10N2O4. The highest BCUT2D eigenvalue weighted by Gasteiger charge is 2.40. The third-order valence-corrected chi connectivity index (χ3v) is 3.14. The second kappa shape index (κ2) is 3.99. The van der Waals surface area contributed by atoms with E-state index in [0.29, 0.717) is 22.5 Å². The van der Waals surface area contributed by atoms with Crippen LogP contribution in [0.5, 0.6) is 11.5 Å². The Balaban J connectivity index is 1.88. The first-order valence-corrected chi connectivity index (χ1v) is 5.80. The van der Waals surface area contributed by atoms with Gasteiger partial charge in [0.25, 0.3) is 5.91 Å². The third kappa shape index (κ3) is 1.66. The Bertz CT molecular complexity index is 738. The number of phenols is 2. The summed E-state index contributed by atoms with van der Waals surface area (Å²) < 4.78 is 0. The van der Waals surface area contributed by atoms with Crippen LogP contribution in [0.1, 0.15) is 20.7 Å². The summed E-state index contributed by atoms with van der Waals surface area (Å²) in [7, 11) is 0. The monoisotopic (exact) mass is 270 g/mol. The van der Waals surface area contributed by atoms with E-state index in [1.165, 1.54) is 35.2 Å². The fraction of sp³-hybridized carbons (Fsp3) is 0. The number of hydrogen-bond donors (Lipinski definition) is 3. The van der Waals surface area contributed by atoms with Crippen LogP contribution in [0.25, 0.3) is 0 Å². The third-order valence-electron chi connectivity index (χ3n) is 3.14. The van der Waals surface area contributed by atoms with Gasteiger partial charge in [-0.05, 0) is 36.4 Å². The molecule has 1 aliphatic rings. The van der Waals surface area contributed by atoms with E-state index in [1.54, 1.807) is 6.07 Å². The van der Waals surface area contributed by atoms with Crippen molar-refractivity contribution in [3.05, 3.63) is 47.5 Å². The molecule has 0 aliphatic carbocycles. The maximum atomic E-state index is 12.2. The summed E-state index contributed by atoms with van der Waals surface area (Å²) in [6, 6.07) is 8.75. The number of fused-ring (bicyclic) bond motifs is 1. The molecule has 2 aromatic carbocycles. The van der Waals surface area contributed by atoms with Gasteiger partial charge in [0.2, 0.25) is 5.91 Å². The summed E-state index contributed by atoms with van der Waals surface area (Å²) in [6.45, 7) is 0. The van der Waals surface area contributed by atoms with Crippen molar-refractivity contribution in [1.29, 1.82) is 0 Å². The molecule has 0 saturated heterocycles. The number of nitrogens with zero attached hydrogens (tertiary/aromatic N) is 1. The van der Waals surface area contributed by atoms with Crippen molar-refractivity contribution in [2.75, 3.05) is 4.90 Å². The Morgan fingerprint density at radius 1 is 0.950 bits per heavy atom. The SMILES string of the molecule is NC(=O)c1ccc(C(=O)N2c3ccc(O)c(O)c32)cc1. The fourth-order valence-electron chi connectivity index (χ4n) is 2.03. The van der Waals surface area contributed by atoms with Crippen molar-refractivity contribution in [1.82, 2.24) is 0 Å². The lowest BCUT2D eigenvalue weighted by Crippen LogP contribution is -2.14. The number of hydrogen-bond acceptors (Lipinski definition) is 4. The molecule has 100 valence electrons. The van der Waals surface area contributed by atoms with Gasteiger partial charge in [-0.1, -0.05) is 0 Å². The minimum Gasteiger partial charge on any atom is -0.504 e. The Morgan fingerprint density at radius 2 is 1.55 bits per heavy atom. The summed E-state index contributed by atoms with van der Waals surface area (Å²) in [4.78, 5) is 24.5. The van der Waals surface area contributed by atoms with E-state index in [2.05, 4.69) is 0 Å². The van der Waals surface area contributed by atoms with E-state index >= 15 is 0 Å².